The number of thioether (sulfide) groups is 1. The van der Waals surface area contributed by atoms with Gasteiger partial charge in [-0.25, -0.2) is 9.07 Å². The second-order valence-corrected chi connectivity index (χ2v) is 7.96. The van der Waals surface area contributed by atoms with Gasteiger partial charge >= 0.3 is 0 Å². The molecule has 0 unspecified atom stereocenters. The van der Waals surface area contributed by atoms with Crippen molar-refractivity contribution in [2.45, 2.75) is 16.6 Å². The first kappa shape index (κ1) is 17.7. The summed E-state index contributed by atoms with van der Waals surface area (Å²) in [6.07, 6.45) is 3.69. The van der Waals surface area contributed by atoms with Crippen molar-refractivity contribution in [1.29, 1.82) is 0 Å². The van der Waals surface area contributed by atoms with Gasteiger partial charge in [-0.3, -0.25) is 0 Å². The summed E-state index contributed by atoms with van der Waals surface area (Å²) in [6, 6.07) is 16.6. The van der Waals surface area contributed by atoms with Crippen LogP contribution in [0.3, 0.4) is 0 Å². The van der Waals surface area contributed by atoms with Gasteiger partial charge in [-0.15, -0.1) is 10.2 Å². The maximum absolute atomic E-state index is 12.9. The summed E-state index contributed by atoms with van der Waals surface area (Å²) in [5.41, 5.74) is 3.25. The highest BCUT2D eigenvalue weighted by atomic mass is 32.2. The van der Waals surface area contributed by atoms with Crippen LogP contribution in [-0.4, -0.2) is 20.0 Å². The smallest absolute Gasteiger partial charge is 0.206 e. The Morgan fingerprint density at radius 2 is 1.78 bits per heavy atom. The summed E-state index contributed by atoms with van der Waals surface area (Å²) in [7, 11) is 0. The third-order valence-corrected chi connectivity index (χ3v) is 5.92. The van der Waals surface area contributed by atoms with Crippen LogP contribution < -0.4 is 5.32 Å². The fraction of sp³-hybridized carbons (Fsp3) is 0.105. The molecule has 5 nitrogen and oxygen atoms in total. The van der Waals surface area contributed by atoms with Crippen molar-refractivity contribution in [3.63, 3.8) is 0 Å². The largest absolute Gasteiger partial charge is 0.356 e. The van der Waals surface area contributed by atoms with E-state index in [2.05, 4.69) is 44.9 Å². The van der Waals surface area contributed by atoms with Gasteiger partial charge in [-0.2, -0.15) is 5.10 Å². The Hall–Kier alpha value is -2.71. The summed E-state index contributed by atoms with van der Waals surface area (Å²) in [4.78, 5) is 0. The number of nitrogens with zero attached hydrogens (tertiary/aromatic N) is 4. The molecule has 0 atom stereocenters. The first-order valence-electron chi connectivity index (χ1n) is 8.30. The molecule has 0 amide bonds. The number of hydrogen-bond acceptors (Lipinski definition) is 6. The average Bonchev–Trinajstić information content (AvgIpc) is 3.39. The van der Waals surface area contributed by atoms with Crippen LogP contribution in [0.5, 0.6) is 0 Å². The number of rotatable bonds is 7. The van der Waals surface area contributed by atoms with Crippen molar-refractivity contribution >= 4 is 28.2 Å². The van der Waals surface area contributed by atoms with Crippen LogP contribution in [0.2, 0.25) is 0 Å². The van der Waals surface area contributed by atoms with Gasteiger partial charge in [0.1, 0.15) is 5.82 Å². The molecule has 8 heteroatoms. The van der Waals surface area contributed by atoms with Gasteiger partial charge in [0.2, 0.25) is 5.13 Å². The number of aromatic nitrogens is 4. The maximum Gasteiger partial charge on any atom is 0.206 e. The Balaban J connectivity index is 1.29. The zero-order valence-electron chi connectivity index (χ0n) is 14.2. The van der Waals surface area contributed by atoms with Crippen LogP contribution in [0.1, 0.15) is 11.1 Å². The third-order valence-electron chi connectivity index (χ3n) is 3.83. The van der Waals surface area contributed by atoms with Gasteiger partial charge in [0, 0.05) is 24.7 Å². The van der Waals surface area contributed by atoms with Crippen molar-refractivity contribution in [1.82, 2.24) is 20.0 Å². The van der Waals surface area contributed by atoms with Gasteiger partial charge in [0.05, 0.1) is 5.69 Å². The number of hydrogen-bond donors (Lipinski definition) is 1. The van der Waals surface area contributed by atoms with Gasteiger partial charge in [0.25, 0.3) is 0 Å². The summed E-state index contributed by atoms with van der Waals surface area (Å²) >= 11 is 3.17. The number of benzene rings is 2. The molecule has 4 rings (SSSR count). The molecule has 2 aromatic carbocycles. The van der Waals surface area contributed by atoms with Crippen molar-refractivity contribution in [3.05, 3.63) is 83.9 Å². The normalized spacial score (nSPS) is 10.9. The van der Waals surface area contributed by atoms with E-state index in [-0.39, 0.29) is 5.82 Å². The summed E-state index contributed by atoms with van der Waals surface area (Å²) in [5.74, 6) is 0.595. The number of anilines is 1. The molecule has 0 spiro atoms. The van der Waals surface area contributed by atoms with E-state index in [1.807, 2.05) is 16.9 Å². The second kappa shape index (κ2) is 8.32. The van der Waals surface area contributed by atoms with E-state index in [1.54, 1.807) is 30.1 Å². The van der Waals surface area contributed by atoms with Crippen molar-refractivity contribution in [3.8, 4) is 5.69 Å². The quantitative estimate of drug-likeness (QED) is 0.455. The monoisotopic (exact) mass is 397 g/mol. The molecule has 0 fully saturated rings. The predicted molar refractivity (Wildman–Crippen MR) is 107 cm³/mol. The minimum atomic E-state index is -0.231. The molecule has 136 valence electrons. The lowest BCUT2D eigenvalue weighted by molar-refractivity contribution is 0.627. The second-order valence-electron chi connectivity index (χ2n) is 5.76. The molecule has 0 bridgehead atoms. The SMILES string of the molecule is Fc1ccc(CNc2nnc(SCc3ccc(-n4cccn4)cc3)s2)cc1. The van der Waals surface area contributed by atoms with E-state index in [0.717, 1.165) is 26.5 Å². The van der Waals surface area contributed by atoms with Crippen LogP contribution in [0, 0.1) is 5.82 Å². The molecule has 27 heavy (non-hydrogen) atoms. The summed E-state index contributed by atoms with van der Waals surface area (Å²) in [5, 5.41) is 16.6. The molecular formula is C19H16FN5S2. The van der Waals surface area contributed by atoms with E-state index in [9.17, 15) is 4.39 Å². The highest BCUT2D eigenvalue weighted by Gasteiger charge is 2.06. The van der Waals surface area contributed by atoms with Crippen molar-refractivity contribution in [2.24, 2.45) is 0 Å². The topological polar surface area (TPSA) is 55.6 Å². The fourth-order valence-corrected chi connectivity index (χ4v) is 4.13. The fourth-order valence-electron chi connectivity index (χ4n) is 2.43. The zero-order chi connectivity index (χ0) is 18.5. The minimum Gasteiger partial charge on any atom is -0.356 e. The van der Waals surface area contributed by atoms with Gasteiger partial charge in [-0.1, -0.05) is 47.4 Å². The zero-order valence-corrected chi connectivity index (χ0v) is 15.9. The van der Waals surface area contributed by atoms with Gasteiger partial charge in [-0.05, 0) is 41.5 Å². The molecule has 0 aliphatic carbocycles. The molecule has 0 saturated heterocycles. The average molecular weight is 398 g/mol. The van der Waals surface area contributed by atoms with Crippen LogP contribution >= 0.6 is 23.1 Å². The van der Waals surface area contributed by atoms with Gasteiger partial charge < -0.3 is 5.32 Å². The molecular weight excluding hydrogens is 381 g/mol. The Bertz CT molecular complexity index is 982. The maximum atomic E-state index is 12.9. The number of nitrogens with one attached hydrogen (secondary N) is 1. The predicted octanol–water partition coefficient (Wildman–Crippen LogP) is 4.77. The van der Waals surface area contributed by atoms with Gasteiger partial charge in [0.15, 0.2) is 4.34 Å². The Morgan fingerprint density at radius 1 is 1.00 bits per heavy atom. The molecule has 2 aromatic heterocycles. The lowest BCUT2D eigenvalue weighted by Crippen LogP contribution is -1.98. The van der Waals surface area contributed by atoms with E-state index in [1.165, 1.54) is 29.0 Å². The summed E-state index contributed by atoms with van der Waals surface area (Å²) in [6.45, 7) is 0.592. The first-order chi connectivity index (χ1) is 13.3. The van der Waals surface area contributed by atoms with Crippen LogP contribution in [0.15, 0.2) is 71.3 Å². The Kier molecular flexibility index (Phi) is 5.45. The lowest BCUT2D eigenvalue weighted by Gasteiger charge is -2.03. The number of halogens is 1. The molecule has 0 aliphatic heterocycles. The van der Waals surface area contributed by atoms with E-state index < -0.39 is 0 Å². The first-order valence-corrected chi connectivity index (χ1v) is 10.1. The van der Waals surface area contributed by atoms with Crippen molar-refractivity contribution < 1.29 is 4.39 Å². The lowest BCUT2D eigenvalue weighted by atomic mass is 10.2. The van der Waals surface area contributed by atoms with E-state index >= 15 is 0 Å². The molecule has 1 N–H and O–H groups in total. The van der Waals surface area contributed by atoms with Crippen LogP contribution in [0.4, 0.5) is 9.52 Å². The molecule has 0 aliphatic rings. The van der Waals surface area contributed by atoms with Crippen molar-refractivity contribution in [2.75, 3.05) is 5.32 Å². The third kappa shape index (κ3) is 4.72. The molecule has 0 saturated carbocycles. The molecule has 4 aromatic rings. The van der Waals surface area contributed by atoms with Crippen LogP contribution in [-0.2, 0) is 12.3 Å². The van der Waals surface area contributed by atoms with E-state index in [0.29, 0.717) is 6.54 Å². The Labute approximate surface area is 164 Å². The summed E-state index contributed by atoms with van der Waals surface area (Å²) < 4.78 is 15.7. The van der Waals surface area contributed by atoms with Crippen LogP contribution in [0.25, 0.3) is 5.69 Å². The van der Waals surface area contributed by atoms with E-state index in [4.69, 9.17) is 0 Å². The standard InChI is InChI=1S/C19H16FN5S2/c20-16-6-2-14(3-7-16)12-21-18-23-24-19(27-18)26-13-15-4-8-17(9-5-15)25-11-1-10-22-25/h1-11H,12-13H2,(H,21,23). The molecule has 2 heterocycles. The molecule has 0 radical (unpaired) electrons. The highest BCUT2D eigenvalue weighted by Crippen LogP contribution is 2.28. The highest BCUT2D eigenvalue weighted by molar-refractivity contribution is 8.00. The minimum absolute atomic E-state index is 0.231. The Morgan fingerprint density at radius 3 is 2.52 bits per heavy atom.